The highest BCUT2D eigenvalue weighted by molar-refractivity contribution is 7.90. The smallest absolute Gasteiger partial charge is 0.315 e. The zero-order valence-corrected chi connectivity index (χ0v) is 17.1. The Labute approximate surface area is 177 Å². The summed E-state index contributed by atoms with van der Waals surface area (Å²) in [5.74, 6) is -2.05. The van der Waals surface area contributed by atoms with E-state index in [2.05, 4.69) is 20.8 Å². The second-order valence-corrected chi connectivity index (χ2v) is 8.48. The van der Waals surface area contributed by atoms with Gasteiger partial charge in [0.2, 0.25) is 0 Å². The van der Waals surface area contributed by atoms with Gasteiger partial charge in [0, 0.05) is 13.1 Å². The maximum Gasteiger partial charge on any atom is 0.315 e. The first-order chi connectivity index (χ1) is 14.4. The van der Waals surface area contributed by atoms with E-state index in [0.29, 0.717) is 10.6 Å². The number of carbonyl (C=O) groups is 2. The van der Waals surface area contributed by atoms with E-state index in [1.54, 1.807) is 42.5 Å². The van der Waals surface area contributed by atoms with Crippen molar-refractivity contribution in [2.75, 3.05) is 13.1 Å². The van der Waals surface area contributed by atoms with Gasteiger partial charge in [-0.25, -0.2) is 8.42 Å². The Hall–Kier alpha value is -3.24. The highest BCUT2D eigenvalue weighted by atomic mass is 35.5. The van der Waals surface area contributed by atoms with Gasteiger partial charge in [-0.15, -0.1) is 0 Å². The topological polar surface area (TPSA) is 131 Å². The molecule has 0 spiro atoms. The lowest BCUT2D eigenvalue weighted by molar-refractivity contribution is 0.0898. The van der Waals surface area contributed by atoms with Crippen LogP contribution in [0.25, 0.3) is 0 Å². The number of amides is 2. The van der Waals surface area contributed by atoms with Crippen LogP contribution in [0.15, 0.2) is 64.0 Å². The molecule has 2 amide bonds. The molecule has 0 aliphatic carbocycles. The Morgan fingerprint density at radius 1 is 0.933 bits per heavy atom. The Kier molecular flexibility index (Phi) is 6.80. The fraction of sp³-hybridized carbons (Fsp3) is 0.158. The molecule has 9 nitrogen and oxygen atoms in total. The van der Waals surface area contributed by atoms with Gasteiger partial charge >= 0.3 is 11.8 Å². The summed E-state index contributed by atoms with van der Waals surface area (Å²) < 4.78 is 29.5. The predicted molar refractivity (Wildman–Crippen MR) is 108 cm³/mol. The summed E-state index contributed by atoms with van der Waals surface area (Å²) in [6.07, 6.45) is 0. The number of benzene rings is 2. The molecule has 156 valence electrons. The second-order valence-electron chi connectivity index (χ2n) is 6.08. The molecule has 2 aromatic carbocycles. The minimum atomic E-state index is -3.66. The highest BCUT2D eigenvalue weighted by Crippen LogP contribution is 2.15. The van der Waals surface area contributed by atoms with Crippen LogP contribution in [0.4, 0.5) is 0 Å². The molecule has 0 atom stereocenters. The van der Waals surface area contributed by atoms with Gasteiger partial charge in [-0.05, 0) is 24.3 Å². The fourth-order valence-electron chi connectivity index (χ4n) is 2.45. The maximum absolute atomic E-state index is 12.3. The summed E-state index contributed by atoms with van der Waals surface area (Å²) in [7, 11) is -3.66. The predicted octanol–water partition coefficient (Wildman–Crippen LogP) is 1.86. The summed E-state index contributed by atoms with van der Waals surface area (Å²) in [6.45, 7) is 0.230. The van der Waals surface area contributed by atoms with Crippen LogP contribution >= 0.6 is 11.6 Å². The number of aromatic nitrogens is 2. The first-order valence-electron chi connectivity index (χ1n) is 8.78. The number of sulfone groups is 1. The molecule has 3 aromatic rings. The molecule has 11 heteroatoms. The standard InChI is InChI=1S/C19H17ClN4O5S/c20-15-9-5-4-8-14(15)17(25)21-10-11-22-18(26)19-23-16(24-29-19)12-30(27,28)13-6-2-1-3-7-13/h1-9H,10-12H2,(H,21,25)(H,22,26). The summed E-state index contributed by atoms with van der Waals surface area (Å²) in [4.78, 5) is 28.0. The van der Waals surface area contributed by atoms with Crippen molar-refractivity contribution in [1.82, 2.24) is 20.8 Å². The van der Waals surface area contributed by atoms with E-state index >= 15 is 0 Å². The first kappa shape index (κ1) is 21.5. The van der Waals surface area contributed by atoms with Gasteiger partial charge in [0.15, 0.2) is 15.7 Å². The third kappa shape index (κ3) is 5.43. The number of carbonyl (C=O) groups excluding carboxylic acids is 2. The lowest BCUT2D eigenvalue weighted by Gasteiger charge is -2.06. The van der Waals surface area contributed by atoms with Crippen LogP contribution in [0.2, 0.25) is 5.02 Å². The SMILES string of the molecule is O=C(NCCNC(=O)c1ccccc1Cl)c1nc(CS(=O)(=O)c2ccccc2)no1. The van der Waals surface area contributed by atoms with E-state index in [1.807, 2.05) is 0 Å². The maximum atomic E-state index is 12.3. The van der Waals surface area contributed by atoms with Crippen LogP contribution in [-0.2, 0) is 15.6 Å². The Bertz CT molecular complexity index is 1150. The fourth-order valence-corrected chi connectivity index (χ4v) is 3.87. The van der Waals surface area contributed by atoms with E-state index in [9.17, 15) is 18.0 Å². The van der Waals surface area contributed by atoms with Crippen LogP contribution < -0.4 is 10.6 Å². The molecule has 1 aromatic heterocycles. The number of nitrogens with zero attached hydrogens (tertiary/aromatic N) is 2. The molecular formula is C19H17ClN4O5S. The molecule has 0 unspecified atom stereocenters. The summed E-state index contributed by atoms with van der Waals surface area (Å²) in [6, 6.07) is 14.4. The van der Waals surface area contributed by atoms with Crippen LogP contribution in [-0.4, -0.2) is 43.5 Å². The van der Waals surface area contributed by atoms with Crippen molar-refractivity contribution >= 4 is 33.3 Å². The molecule has 0 saturated heterocycles. The van der Waals surface area contributed by atoms with E-state index in [-0.39, 0.29) is 35.6 Å². The van der Waals surface area contributed by atoms with Crippen LogP contribution in [0, 0.1) is 0 Å². The van der Waals surface area contributed by atoms with E-state index in [0.717, 1.165) is 0 Å². The van der Waals surface area contributed by atoms with E-state index in [4.69, 9.17) is 16.1 Å². The Morgan fingerprint density at radius 3 is 2.27 bits per heavy atom. The number of hydrogen-bond donors (Lipinski definition) is 2. The van der Waals surface area contributed by atoms with E-state index < -0.39 is 21.5 Å². The summed E-state index contributed by atoms with van der Waals surface area (Å²) in [5, 5.41) is 8.98. The van der Waals surface area contributed by atoms with Gasteiger partial charge in [0.05, 0.1) is 15.5 Å². The molecular weight excluding hydrogens is 432 g/mol. The van der Waals surface area contributed by atoms with Crippen molar-refractivity contribution in [2.45, 2.75) is 10.6 Å². The normalized spacial score (nSPS) is 11.1. The number of halogens is 1. The van der Waals surface area contributed by atoms with Gasteiger partial charge in [-0.3, -0.25) is 9.59 Å². The van der Waals surface area contributed by atoms with Crippen LogP contribution in [0.1, 0.15) is 26.9 Å². The Balaban J connectivity index is 1.49. The highest BCUT2D eigenvalue weighted by Gasteiger charge is 2.21. The van der Waals surface area contributed by atoms with Crippen molar-refractivity contribution in [2.24, 2.45) is 0 Å². The third-order valence-corrected chi connectivity index (χ3v) is 5.86. The second kappa shape index (κ2) is 9.51. The van der Waals surface area contributed by atoms with Gasteiger partial charge < -0.3 is 15.2 Å². The van der Waals surface area contributed by atoms with Gasteiger partial charge in [-0.1, -0.05) is 47.1 Å². The molecule has 0 bridgehead atoms. The minimum Gasteiger partial charge on any atom is -0.350 e. The van der Waals surface area contributed by atoms with Crippen molar-refractivity contribution in [3.63, 3.8) is 0 Å². The number of hydrogen-bond acceptors (Lipinski definition) is 7. The van der Waals surface area contributed by atoms with Gasteiger partial charge in [-0.2, -0.15) is 4.98 Å². The average Bonchev–Trinajstić information content (AvgIpc) is 3.20. The largest absolute Gasteiger partial charge is 0.350 e. The zero-order chi connectivity index (χ0) is 21.6. The van der Waals surface area contributed by atoms with Crippen LogP contribution in [0.5, 0.6) is 0 Å². The molecule has 30 heavy (non-hydrogen) atoms. The van der Waals surface area contributed by atoms with Crippen molar-refractivity contribution < 1.29 is 22.5 Å². The first-order valence-corrected chi connectivity index (χ1v) is 10.8. The van der Waals surface area contributed by atoms with Crippen molar-refractivity contribution in [3.8, 4) is 0 Å². The monoisotopic (exact) mass is 448 g/mol. The molecule has 3 rings (SSSR count). The van der Waals surface area contributed by atoms with Crippen molar-refractivity contribution in [3.05, 3.63) is 76.9 Å². The van der Waals surface area contributed by atoms with E-state index in [1.165, 1.54) is 12.1 Å². The molecule has 1 heterocycles. The van der Waals surface area contributed by atoms with Gasteiger partial charge in [0.1, 0.15) is 5.75 Å². The molecule has 0 radical (unpaired) electrons. The zero-order valence-electron chi connectivity index (χ0n) is 15.5. The van der Waals surface area contributed by atoms with Crippen LogP contribution in [0.3, 0.4) is 0 Å². The van der Waals surface area contributed by atoms with Crippen molar-refractivity contribution in [1.29, 1.82) is 0 Å². The average molecular weight is 449 g/mol. The third-order valence-electron chi connectivity index (χ3n) is 3.90. The number of rotatable bonds is 8. The summed E-state index contributed by atoms with van der Waals surface area (Å²) >= 11 is 5.95. The quantitative estimate of drug-likeness (QED) is 0.502. The summed E-state index contributed by atoms with van der Waals surface area (Å²) in [5.41, 5.74) is 0.326. The van der Waals surface area contributed by atoms with Gasteiger partial charge in [0.25, 0.3) is 5.91 Å². The molecule has 0 fully saturated rings. The minimum absolute atomic E-state index is 0.0923. The molecule has 2 N–H and O–H groups in total. The molecule has 0 aliphatic heterocycles. The Morgan fingerprint density at radius 2 is 1.57 bits per heavy atom. The lowest BCUT2D eigenvalue weighted by atomic mass is 10.2. The molecule has 0 saturated carbocycles. The lowest BCUT2D eigenvalue weighted by Crippen LogP contribution is -2.34. The number of nitrogens with one attached hydrogen (secondary N) is 2. The molecule has 0 aliphatic rings.